The number of aromatic nitrogens is 1. The fourth-order valence-electron chi connectivity index (χ4n) is 1.91. The molecule has 0 amide bonds. The van der Waals surface area contributed by atoms with Gasteiger partial charge in [-0.3, -0.25) is 4.98 Å². The predicted octanol–water partition coefficient (Wildman–Crippen LogP) is 3.01. The van der Waals surface area contributed by atoms with Gasteiger partial charge < -0.3 is 10.1 Å². The third-order valence-electron chi connectivity index (χ3n) is 2.85. The number of pyridine rings is 1. The Labute approximate surface area is 112 Å². The summed E-state index contributed by atoms with van der Waals surface area (Å²) >= 11 is 0. The lowest BCUT2D eigenvalue weighted by atomic mass is 10.0. The van der Waals surface area contributed by atoms with Gasteiger partial charge >= 0.3 is 0 Å². The van der Waals surface area contributed by atoms with E-state index in [2.05, 4.69) is 10.3 Å². The summed E-state index contributed by atoms with van der Waals surface area (Å²) in [5, 5.41) is 3.24. The van der Waals surface area contributed by atoms with Crippen molar-refractivity contribution in [3.63, 3.8) is 0 Å². The van der Waals surface area contributed by atoms with Crippen molar-refractivity contribution in [1.82, 2.24) is 10.3 Å². The molecule has 0 radical (unpaired) electrons. The molecule has 2 rings (SSSR count). The molecule has 0 bridgehead atoms. The van der Waals surface area contributed by atoms with E-state index in [-0.39, 0.29) is 5.82 Å². The molecule has 1 heterocycles. The Morgan fingerprint density at radius 1 is 1.26 bits per heavy atom. The zero-order chi connectivity index (χ0) is 13.7. The smallest absolute Gasteiger partial charge is 0.126 e. The van der Waals surface area contributed by atoms with Gasteiger partial charge in [0.25, 0.3) is 0 Å². The highest BCUT2D eigenvalue weighted by Crippen LogP contribution is 2.30. The highest BCUT2D eigenvalue weighted by molar-refractivity contribution is 5.70. The number of benzene rings is 1. The molecule has 0 aliphatic carbocycles. The van der Waals surface area contributed by atoms with Gasteiger partial charge in [0.15, 0.2) is 0 Å². The molecule has 0 atom stereocenters. The van der Waals surface area contributed by atoms with Crippen LogP contribution in [-0.2, 0) is 6.54 Å². The van der Waals surface area contributed by atoms with Gasteiger partial charge in [0, 0.05) is 30.1 Å². The fraction of sp³-hybridized carbons (Fsp3) is 0.267. The second kappa shape index (κ2) is 6.29. The maximum atomic E-state index is 13.4. The molecular formula is C15H17FN2O. The summed E-state index contributed by atoms with van der Waals surface area (Å²) in [4.78, 5) is 4.20. The highest BCUT2D eigenvalue weighted by atomic mass is 19.1. The standard InChI is InChI=1S/C15H17FN2O/c1-3-17-8-11-6-12(10-18-9-11)14-7-13(16)4-5-15(14)19-2/h4-7,9-10,17H,3,8H2,1-2H3. The normalized spacial score (nSPS) is 10.5. The Hall–Kier alpha value is -1.94. The van der Waals surface area contributed by atoms with E-state index >= 15 is 0 Å². The Kier molecular flexibility index (Phi) is 4.47. The summed E-state index contributed by atoms with van der Waals surface area (Å²) in [5.74, 6) is 0.358. The Morgan fingerprint density at radius 3 is 2.84 bits per heavy atom. The fourth-order valence-corrected chi connectivity index (χ4v) is 1.91. The van der Waals surface area contributed by atoms with Crippen LogP contribution in [0.1, 0.15) is 12.5 Å². The van der Waals surface area contributed by atoms with E-state index < -0.39 is 0 Å². The zero-order valence-corrected chi connectivity index (χ0v) is 11.1. The van der Waals surface area contributed by atoms with Crippen molar-refractivity contribution in [3.05, 3.63) is 48.0 Å². The van der Waals surface area contributed by atoms with Crippen LogP contribution in [0.25, 0.3) is 11.1 Å². The van der Waals surface area contributed by atoms with Gasteiger partial charge in [-0.15, -0.1) is 0 Å². The number of ether oxygens (including phenoxy) is 1. The Balaban J connectivity index is 2.38. The molecule has 4 heteroatoms. The quantitative estimate of drug-likeness (QED) is 0.897. The SMILES string of the molecule is CCNCc1cncc(-c2cc(F)ccc2OC)c1. The monoisotopic (exact) mass is 260 g/mol. The van der Waals surface area contributed by atoms with E-state index in [0.29, 0.717) is 11.3 Å². The molecule has 0 saturated heterocycles. The van der Waals surface area contributed by atoms with Gasteiger partial charge in [-0.05, 0) is 36.4 Å². The van der Waals surface area contributed by atoms with Crippen LogP contribution in [-0.4, -0.2) is 18.6 Å². The molecule has 100 valence electrons. The molecule has 19 heavy (non-hydrogen) atoms. The predicted molar refractivity (Wildman–Crippen MR) is 73.6 cm³/mol. The number of nitrogens with zero attached hydrogens (tertiary/aromatic N) is 1. The van der Waals surface area contributed by atoms with Crippen LogP contribution in [0.5, 0.6) is 5.75 Å². The van der Waals surface area contributed by atoms with Gasteiger partial charge in [0.2, 0.25) is 0 Å². The van der Waals surface area contributed by atoms with E-state index in [9.17, 15) is 4.39 Å². The minimum Gasteiger partial charge on any atom is -0.496 e. The number of hydrogen-bond donors (Lipinski definition) is 1. The van der Waals surface area contributed by atoms with E-state index in [1.54, 1.807) is 25.6 Å². The maximum Gasteiger partial charge on any atom is 0.126 e. The van der Waals surface area contributed by atoms with Crippen LogP contribution in [0.2, 0.25) is 0 Å². The maximum absolute atomic E-state index is 13.4. The summed E-state index contributed by atoms with van der Waals surface area (Å²) in [6.45, 7) is 3.69. The minimum absolute atomic E-state index is 0.284. The lowest BCUT2D eigenvalue weighted by Gasteiger charge is -2.10. The second-order valence-corrected chi connectivity index (χ2v) is 4.21. The molecule has 0 aliphatic heterocycles. The van der Waals surface area contributed by atoms with Crippen molar-refractivity contribution in [2.45, 2.75) is 13.5 Å². The molecule has 0 saturated carbocycles. The number of methoxy groups -OCH3 is 1. The van der Waals surface area contributed by atoms with Gasteiger partial charge in [-0.2, -0.15) is 0 Å². The average molecular weight is 260 g/mol. The zero-order valence-electron chi connectivity index (χ0n) is 11.1. The van der Waals surface area contributed by atoms with Crippen molar-refractivity contribution in [3.8, 4) is 16.9 Å². The number of rotatable bonds is 5. The van der Waals surface area contributed by atoms with Crippen LogP contribution < -0.4 is 10.1 Å². The summed E-state index contributed by atoms with van der Waals surface area (Å²) in [7, 11) is 1.58. The first-order chi connectivity index (χ1) is 9.24. The molecule has 0 aliphatic rings. The molecular weight excluding hydrogens is 243 g/mol. The first-order valence-electron chi connectivity index (χ1n) is 6.23. The highest BCUT2D eigenvalue weighted by Gasteiger charge is 2.08. The minimum atomic E-state index is -0.284. The van der Waals surface area contributed by atoms with Crippen molar-refractivity contribution in [2.75, 3.05) is 13.7 Å². The van der Waals surface area contributed by atoms with E-state index in [0.717, 1.165) is 24.2 Å². The largest absolute Gasteiger partial charge is 0.496 e. The van der Waals surface area contributed by atoms with E-state index in [1.807, 2.05) is 13.0 Å². The molecule has 3 nitrogen and oxygen atoms in total. The van der Waals surface area contributed by atoms with Gasteiger partial charge in [0.1, 0.15) is 11.6 Å². The summed E-state index contributed by atoms with van der Waals surface area (Å²) in [6, 6.07) is 6.47. The molecule has 2 aromatic rings. The van der Waals surface area contributed by atoms with E-state index in [1.165, 1.54) is 12.1 Å². The van der Waals surface area contributed by atoms with Crippen molar-refractivity contribution < 1.29 is 9.13 Å². The molecule has 0 fully saturated rings. The van der Waals surface area contributed by atoms with Crippen LogP contribution in [0.3, 0.4) is 0 Å². The van der Waals surface area contributed by atoms with Gasteiger partial charge in [-0.25, -0.2) is 4.39 Å². The number of halogens is 1. The molecule has 1 aromatic carbocycles. The third-order valence-corrected chi connectivity index (χ3v) is 2.85. The summed E-state index contributed by atoms with van der Waals surface area (Å²) in [5.41, 5.74) is 2.63. The first kappa shape index (κ1) is 13.5. The third kappa shape index (κ3) is 3.29. The summed E-state index contributed by atoms with van der Waals surface area (Å²) < 4.78 is 18.6. The van der Waals surface area contributed by atoms with Crippen molar-refractivity contribution >= 4 is 0 Å². The first-order valence-corrected chi connectivity index (χ1v) is 6.23. The molecule has 0 spiro atoms. The second-order valence-electron chi connectivity index (χ2n) is 4.21. The van der Waals surface area contributed by atoms with E-state index in [4.69, 9.17) is 4.74 Å². The topological polar surface area (TPSA) is 34.2 Å². The molecule has 0 unspecified atom stereocenters. The Bertz CT molecular complexity index is 558. The Morgan fingerprint density at radius 2 is 2.11 bits per heavy atom. The average Bonchev–Trinajstić information content (AvgIpc) is 2.45. The number of hydrogen-bond acceptors (Lipinski definition) is 3. The summed E-state index contributed by atoms with van der Waals surface area (Å²) in [6.07, 6.45) is 3.52. The van der Waals surface area contributed by atoms with Gasteiger partial charge in [0.05, 0.1) is 7.11 Å². The van der Waals surface area contributed by atoms with Crippen LogP contribution in [0.15, 0.2) is 36.7 Å². The lowest BCUT2D eigenvalue weighted by molar-refractivity contribution is 0.415. The van der Waals surface area contributed by atoms with Crippen molar-refractivity contribution in [1.29, 1.82) is 0 Å². The van der Waals surface area contributed by atoms with Crippen molar-refractivity contribution in [2.24, 2.45) is 0 Å². The van der Waals surface area contributed by atoms with Crippen LogP contribution in [0, 0.1) is 5.82 Å². The lowest BCUT2D eigenvalue weighted by Crippen LogP contribution is -2.11. The molecule has 1 N–H and O–H groups in total. The van der Waals surface area contributed by atoms with Crippen LogP contribution in [0.4, 0.5) is 4.39 Å². The van der Waals surface area contributed by atoms with Gasteiger partial charge in [-0.1, -0.05) is 6.92 Å². The molecule has 1 aromatic heterocycles. The number of nitrogens with one attached hydrogen (secondary N) is 1. The van der Waals surface area contributed by atoms with Crippen LogP contribution >= 0.6 is 0 Å².